The number of carbonyl (C=O) groups is 2. The van der Waals surface area contributed by atoms with E-state index in [2.05, 4.69) is 41.4 Å². The first-order valence-electron chi connectivity index (χ1n) is 6.25. The van der Waals surface area contributed by atoms with Gasteiger partial charge in [0, 0.05) is 11.4 Å². The van der Waals surface area contributed by atoms with Crippen LogP contribution in [0.3, 0.4) is 0 Å². The highest BCUT2D eigenvalue weighted by Crippen LogP contribution is 1.97. The third-order valence-electron chi connectivity index (χ3n) is 2.43. The Balaban J connectivity index is 1.75. The second-order valence-corrected chi connectivity index (χ2v) is 4.31. The van der Waals surface area contributed by atoms with Gasteiger partial charge in [0.05, 0.1) is 12.4 Å². The average Bonchev–Trinajstić information content (AvgIpc) is 3.11. The third kappa shape index (κ3) is 4.10. The fourth-order valence-corrected chi connectivity index (χ4v) is 1.44. The zero-order valence-corrected chi connectivity index (χ0v) is 11.9. The number of aryl methyl sites for hydroxylation is 2. The molecule has 0 radical (unpaired) electrons. The summed E-state index contributed by atoms with van der Waals surface area (Å²) in [6.07, 6.45) is 2.43. The maximum absolute atomic E-state index is 11.6. The van der Waals surface area contributed by atoms with E-state index in [1.807, 2.05) is 0 Å². The zero-order chi connectivity index (χ0) is 15.9. The molecular formula is C12H14N8O2. The summed E-state index contributed by atoms with van der Waals surface area (Å²) in [5.41, 5.74) is 6.53. The van der Waals surface area contributed by atoms with Crippen LogP contribution >= 0.6 is 0 Å². The Kier molecular flexibility index (Phi) is 4.75. The topological polar surface area (TPSA) is 140 Å². The van der Waals surface area contributed by atoms with Crippen LogP contribution in [0.1, 0.15) is 32.4 Å². The van der Waals surface area contributed by atoms with Gasteiger partial charge in [-0.25, -0.2) is 10.9 Å². The van der Waals surface area contributed by atoms with Crippen molar-refractivity contribution in [3.05, 3.63) is 34.9 Å². The van der Waals surface area contributed by atoms with Crippen LogP contribution in [0.2, 0.25) is 0 Å². The van der Waals surface area contributed by atoms with Gasteiger partial charge in [0.25, 0.3) is 11.8 Å². The first-order chi connectivity index (χ1) is 10.6. The lowest BCUT2D eigenvalue weighted by Gasteiger charge is -1.93. The Morgan fingerprint density at radius 2 is 1.36 bits per heavy atom. The van der Waals surface area contributed by atoms with Gasteiger partial charge < -0.3 is 0 Å². The van der Waals surface area contributed by atoms with E-state index in [4.69, 9.17) is 0 Å². The SMILES string of the molecule is Cc1cc(C(=O)N/N=C/C=N/NC(=O)c2cc(C)[nH]n2)n[nH]1. The highest BCUT2D eigenvalue weighted by atomic mass is 16.2. The first-order valence-corrected chi connectivity index (χ1v) is 6.25. The molecule has 22 heavy (non-hydrogen) atoms. The van der Waals surface area contributed by atoms with Crippen LogP contribution in [0.5, 0.6) is 0 Å². The molecule has 0 aliphatic rings. The fraction of sp³-hybridized carbons (Fsp3) is 0.167. The summed E-state index contributed by atoms with van der Waals surface area (Å²) in [5.74, 6) is -0.907. The predicted molar refractivity (Wildman–Crippen MR) is 78.6 cm³/mol. The maximum atomic E-state index is 11.6. The zero-order valence-electron chi connectivity index (χ0n) is 11.9. The lowest BCUT2D eigenvalue weighted by atomic mass is 10.4. The van der Waals surface area contributed by atoms with Crippen molar-refractivity contribution in [2.75, 3.05) is 0 Å². The molecule has 2 heterocycles. The molecule has 0 aliphatic heterocycles. The average molecular weight is 302 g/mol. The molecule has 0 atom stereocenters. The van der Waals surface area contributed by atoms with Crippen LogP contribution < -0.4 is 10.9 Å². The highest BCUT2D eigenvalue weighted by Gasteiger charge is 2.07. The lowest BCUT2D eigenvalue weighted by Crippen LogP contribution is -2.19. The molecule has 0 spiro atoms. The van der Waals surface area contributed by atoms with Crippen LogP contribution in [0.4, 0.5) is 0 Å². The Morgan fingerprint density at radius 3 is 1.68 bits per heavy atom. The highest BCUT2D eigenvalue weighted by molar-refractivity contribution is 6.16. The first kappa shape index (κ1) is 15.1. The van der Waals surface area contributed by atoms with E-state index in [9.17, 15) is 9.59 Å². The minimum Gasteiger partial charge on any atom is -0.282 e. The second kappa shape index (κ2) is 6.92. The maximum Gasteiger partial charge on any atom is 0.291 e. The van der Waals surface area contributed by atoms with Gasteiger partial charge in [0.2, 0.25) is 0 Å². The number of aromatic amines is 2. The van der Waals surface area contributed by atoms with Crippen LogP contribution in [-0.4, -0.2) is 44.6 Å². The van der Waals surface area contributed by atoms with E-state index in [0.717, 1.165) is 11.4 Å². The number of H-pyrrole nitrogens is 2. The molecule has 0 saturated carbocycles. The molecule has 0 saturated heterocycles. The number of aromatic nitrogens is 4. The normalized spacial score (nSPS) is 11.2. The fourth-order valence-electron chi connectivity index (χ4n) is 1.44. The van der Waals surface area contributed by atoms with Crippen LogP contribution in [0.25, 0.3) is 0 Å². The van der Waals surface area contributed by atoms with Crippen molar-refractivity contribution in [2.45, 2.75) is 13.8 Å². The minimum absolute atomic E-state index is 0.230. The predicted octanol–water partition coefficient (Wildman–Crippen LogP) is -0.119. The summed E-state index contributed by atoms with van der Waals surface area (Å²) >= 11 is 0. The monoisotopic (exact) mass is 302 g/mol. The number of nitrogens with one attached hydrogen (secondary N) is 4. The van der Waals surface area contributed by atoms with E-state index in [-0.39, 0.29) is 11.4 Å². The van der Waals surface area contributed by atoms with E-state index >= 15 is 0 Å². The molecule has 114 valence electrons. The van der Waals surface area contributed by atoms with E-state index in [1.54, 1.807) is 26.0 Å². The summed E-state index contributed by atoms with van der Waals surface area (Å²) < 4.78 is 0. The van der Waals surface area contributed by atoms with E-state index < -0.39 is 11.8 Å². The molecule has 2 rings (SSSR count). The van der Waals surface area contributed by atoms with Gasteiger partial charge in [-0.1, -0.05) is 0 Å². The standard InChI is InChI=1S/C12H14N8O2/c1-7-5-9(17-15-7)11(21)19-13-3-4-14-20-12(22)10-6-8(2)16-18-10/h3-6H,1-2H3,(H,15,17)(H,16,18)(H,19,21)(H,20,22)/b13-3+,14-4+. The summed E-state index contributed by atoms with van der Waals surface area (Å²) in [7, 11) is 0. The molecule has 0 bridgehead atoms. The Morgan fingerprint density at radius 1 is 0.955 bits per heavy atom. The van der Waals surface area contributed by atoms with Crippen molar-refractivity contribution < 1.29 is 9.59 Å². The Hall–Kier alpha value is -3.30. The quantitative estimate of drug-likeness (QED) is 0.451. The van der Waals surface area contributed by atoms with Gasteiger partial charge in [-0.2, -0.15) is 20.4 Å². The second-order valence-electron chi connectivity index (χ2n) is 4.31. The molecule has 10 heteroatoms. The van der Waals surface area contributed by atoms with Gasteiger partial charge >= 0.3 is 0 Å². The molecule has 0 aromatic carbocycles. The van der Waals surface area contributed by atoms with E-state index in [0.29, 0.717) is 0 Å². The molecule has 2 aromatic rings. The summed E-state index contributed by atoms with van der Waals surface area (Å²) in [6.45, 7) is 3.56. The van der Waals surface area contributed by atoms with Crippen molar-refractivity contribution in [1.29, 1.82) is 0 Å². The van der Waals surface area contributed by atoms with Gasteiger partial charge in [-0.15, -0.1) is 0 Å². The third-order valence-corrected chi connectivity index (χ3v) is 2.43. The molecule has 2 aromatic heterocycles. The minimum atomic E-state index is -0.454. The molecule has 0 unspecified atom stereocenters. The molecular weight excluding hydrogens is 288 g/mol. The summed E-state index contributed by atoms with van der Waals surface area (Å²) in [6, 6.07) is 3.18. The van der Waals surface area contributed by atoms with Gasteiger partial charge in [0.15, 0.2) is 11.4 Å². The van der Waals surface area contributed by atoms with Gasteiger partial charge in [-0.05, 0) is 26.0 Å². The number of nitrogens with zero attached hydrogens (tertiary/aromatic N) is 4. The number of hydrogen-bond acceptors (Lipinski definition) is 6. The van der Waals surface area contributed by atoms with Crippen molar-refractivity contribution in [3.63, 3.8) is 0 Å². The van der Waals surface area contributed by atoms with Crippen molar-refractivity contribution >= 4 is 24.2 Å². The molecule has 0 aliphatic carbocycles. The number of hydrogen-bond donors (Lipinski definition) is 4. The smallest absolute Gasteiger partial charge is 0.282 e. The Bertz CT molecular complexity index is 665. The number of carbonyl (C=O) groups excluding carboxylic acids is 2. The van der Waals surface area contributed by atoms with Gasteiger partial charge in [-0.3, -0.25) is 19.8 Å². The van der Waals surface area contributed by atoms with Crippen LogP contribution in [-0.2, 0) is 0 Å². The number of hydrazone groups is 2. The van der Waals surface area contributed by atoms with Crippen LogP contribution in [0, 0.1) is 13.8 Å². The van der Waals surface area contributed by atoms with Crippen molar-refractivity contribution in [3.8, 4) is 0 Å². The number of rotatable bonds is 5. The lowest BCUT2D eigenvalue weighted by molar-refractivity contribution is 0.0941. The molecule has 4 N–H and O–H groups in total. The molecule has 0 fully saturated rings. The Labute approximate surface area is 125 Å². The summed E-state index contributed by atoms with van der Waals surface area (Å²) in [5, 5.41) is 20.1. The molecule has 2 amide bonds. The van der Waals surface area contributed by atoms with Crippen LogP contribution in [0.15, 0.2) is 22.3 Å². The van der Waals surface area contributed by atoms with Gasteiger partial charge in [0.1, 0.15) is 0 Å². The number of amides is 2. The van der Waals surface area contributed by atoms with E-state index in [1.165, 1.54) is 12.4 Å². The largest absolute Gasteiger partial charge is 0.291 e. The summed E-state index contributed by atoms with van der Waals surface area (Å²) in [4.78, 5) is 23.1. The van der Waals surface area contributed by atoms with Crippen molar-refractivity contribution in [2.24, 2.45) is 10.2 Å². The van der Waals surface area contributed by atoms with Crippen molar-refractivity contribution in [1.82, 2.24) is 31.2 Å². The molecule has 10 nitrogen and oxygen atoms in total.